The van der Waals surface area contributed by atoms with E-state index >= 15 is 0 Å². The van der Waals surface area contributed by atoms with Crippen molar-refractivity contribution in [1.82, 2.24) is 30.9 Å². The quantitative estimate of drug-likeness (QED) is 0.654. The fourth-order valence-electron chi connectivity index (χ4n) is 1.40. The van der Waals surface area contributed by atoms with Gasteiger partial charge in [0.05, 0.1) is 11.9 Å². The Morgan fingerprint density at radius 1 is 1.40 bits per heavy atom. The summed E-state index contributed by atoms with van der Waals surface area (Å²) in [6, 6.07) is -0.135. The molecule has 3 amide bonds. The van der Waals surface area contributed by atoms with Crippen molar-refractivity contribution in [3.63, 3.8) is 0 Å². The molecule has 0 aliphatic heterocycles. The number of nitrogens with one attached hydrogen (secondary N) is 3. The van der Waals surface area contributed by atoms with Crippen LogP contribution in [0.4, 0.5) is 4.79 Å². The third kappa shape index (κ3) is 6.28. The van der Waals surface area contributed by atoms with E-state index in [2.05, 4.69) is 26.3 Å². The molecule has 0 unspecified atom stereocenters. The van der Waals surface area contributed by atoms with Gasteiger partial charge in [-0.3, -0.25) is 10.1 Å². The van der Waals surface area contributed by atoms with E-state index in [0.717, 1.165) is 12.1 Å². The lowest BCUT2D eigenvalue weighted by molar-refractivity contribution is -0.120. The molecule has 20 heavy (non-hydrogen) atoms. The summed E-state index contributed by atoms with van der Waals surface area (Å²) < 4.78 is 1.40. The molecule has 0 radical (unpaired) electrons. The SMILES string of the molecule is CCCNC(=O)NC(=O)Cn1cc(CNC(C)C)nn1. The van der Waals surface area contributed by atoms with Crippen LogP contribution >= 0.6 is 0 Å². The van der Waals surface area contributed by atoms with Gasteiger partial charge in [-0.2, -0.15) is 0 Å². The molecule has 8 heteroatoms. The third-order valence-corrected chi connectivity index (χ3v) is 2.37. The Bertz CT molecular complexity index is 443. The van der Waals surface area contributed by atoms with Gasteiger partial charge in [-0.15, -0.1) is 5.10 Å². The largest absolute Gasteiger partial charge is 0.338 e. The van der Waals surface area contributed by atoms with Crippen LogP contribution in [0.3, 0.4) is 0 Å². The topological polar surface area (TPSA) is 101 Å². The van der Waals surface area contributed by atoms with E-state index in [1.54, 1.807) is 6.20 Å². The number of carbonyl (C=O) groups excluding carboxylic acids is 2. The summed E-state index contributed by atoms with van der Waals surface area (Å²) in [6.45, 7) is 7.10. The van der Waals surface area contributed by atoms with Crippen molar-refractivity contribution >= 4 is 11.9 Å². The number of hydrogen-bond acceptors (Lipinski definition) is 5. The van der Waals surface area contributed by atoms with Crippen molar-refractivity contribution in [3.05, 3.63) is 11.9 Å². The first-order valence-corrected chi connectivity index (χ1v) is 6.71. The van der Waals surface area contributed by atoms with Gasteiger partial charge in [-0.05, 0) is 6.42 Å². The van der Waals surface area contributed by atoms with Crippen LogP contribution in [-0.2, 0) is 17.9 Å². The van der Waals surface area contributed by atoms with Crippen LogP contribution in [0.25, 0.3) is 0 Å². The number of carbonyl (C=O) groups is 2. The van der Waals surface area contributed by atoms with Crippen molar-refractivity contribution in [1.29, 1.82) is 0 Å². The van der Waals surface area contributed by atoms with Crippen molar-refractivity contribution in [2.75, 3.05) is 6.54 Å². The molecule has 0 spiro atoms. The number of hydrogen-bond donors (Lipinski definition) is 3. The lowest BCUT2D eigenvalue weighted by Crippen LogP contribution is -2.41. The van der Waals surface area contributed by atoms with Gasteiger partial charge in [-0.25, -0.2) is 9.48 Å². The maximum absolute atomic E-state index is 11.6. The van der Waals surface area contributed by atoms with Gasteiger partial charge in [0, 0.05) is 19.1 Å². The second-order valence-electron chi connectivity index (χ2n) is 4.75. The molecular weight excluding hydrogens is 260 g/mol. The van der Waals surface area contributed by atoms with Gasteiger partial charge in [-0.1, -0.05) is 26.0 Å². The number of nitrogens with zero attached hydrogens (tertiary/aromatic N) is 3. The normalized spacial score (nSPS) is 10.6. The Morgan fingerprint density at radius 3 is 2.80 bits per heavy atom. The Labute approximate surface area is 118 Å². The molecule has 1 heterocycles. The van der Waals surface area contributed by atoms with Gasteiger partial charge in [0.15, 0.2) is 0 Å². The van der Waals surface area contributed by atoms with Crippen LogP contribution in [0.5, 0.6) is 0 Å². The monoisotopic (exact) mass is 282 g/mol. The Morgan fingerprint density at radius 2 is 2.15 bits per heavy atom. The number of urea groups is 1. The summed E-state index contributed by atoms with van der Waals surface area (Å²) in [5.41, 5.74) is 0.752. The van der Waals surface area contributed by atoms with E-state index < -0.39 is 11.9 Å². The predicted octanol–water partition coefficient (Wildman–Crippen LogP) is 0.0119. The van der Waals surface area contributed by atoms with Gasteiger partial charge < -0.3 is 10.6 Å². The maximum Gasteiger partial charge on any atom is 0.321 e. The zero-order chi connectivity index (χ0) is 15.0. The molecule has 1 aromatic rings. The molecule has 0 saturated carbocycles. The minimum Gasteiger partial charge on any atom is -0.338 e. The first-order chi connectivity index (χ1) is 9.51. The van der Waals surface area contributed by atoms with Gasteiger partial charge in [0.25, 0.3) is 0 Å². The van der Waals surface area contributed by atoms with E-state index in [-0.39, 0.29) is 6.54 Å². The van der Waals surface area contributed by atoms with Crippen molar-refractivity contribution in [2.45, 2.75) is 46.3 Å². The van der Waals surface area contributed by atoms with Gasteiger partial charge in [0.2, 0.25) is 5.91 Å². The van der Waals surface area contributed by atoms with E-state index in [1.807, 2.05) is 20.8 Å². The zero-order valence-electron chi connectivity index (χ0n) is 12.1. The zero-order valence-corrected chi connectivity index (χ0v) is 12.1. The molecule has 0 aliphatic rings. The summed E-state index contributed by atoms with van der Waals surface area (Å²) >= 11 is 0. The average molecular weight is 282 g/mol. The van der Waals surface area contributed by atoms with Gasteiger partial charge >= 0.3 is 6.03 Å². The summed E-state index contributed by atoms with van der Waals surface area (Å²) in [5, 5.41) is 15.8. The molecule has 0 atom stereocenters. The predicted molar refractivity (Wildman–Crippen MR) is 73.8 cm³/mol. The van der Waals surface area contributed by atoms with E-state index in [0.29, 0.717) is 19.1 Å². The van der Waals surface area contributed by atoms with E-state index in [1.165, 1.54) is 4.68 Å². The summed E-state index contributed by atoms with van der Waals surface area (Å²) in [5.74, 6) is -0.424. The first kappa shape index (κ1) is 16.1. The molecule has 0 aromatic carbocycles. The molecule has 3 N–H and O–H groups in total. The van der Waals surface area contributed by atoms with Crippen molar-refractivity contribution < 1.29 is 9.59 Å². The highest BCUT2D eigenvalue weighted by Gasteiger charge is 2.09. The molecular formula is C12H22N6O2. The van der Waals surface area contributed by atoms with Crippen molar-refractivity contribution in [2.24, 2.45) is 0 Å². The molecule has 0 bridgehead atoms. The average Bonchev–Trinajstić information content (AvgIpc) is 2.81. The fourth-order valence-corrected chi connectivity index (χ4v) is 1.40. The van der Waals surface area contributed by atoms with Crippen LogP contribution in [-0.4, -0.2) is 39.5 Å². The molecule has 0 saturated heterocycles. The Balaban J connectivity index is 2.36. The second-order valence-corrected chi connectivity index (χ2v) is 4.75. The molecule has 112 valence electrons. The molecule has 1 rings (SSSR count). The standard InChI is InChI=1S/C12H22N6O2/c1-4-5-13-12(20)15-11(19)8-18-7-10(16-17-18)6-14-9(2)3/h7,9,14H,4-6,8H2,1-3H3,(H2,13,15,19,20). The van der Waals surface area contributed by atoms with Crippen molar-refractivity contribution in [3.8, 4) is 0 Å². The highest BCUT2D eigenvalue weighted by Crippen LogP contribution is 1.93. The smallest absolute Gasteiger partial charge is 0.321 e. The minimum atomic E-state index is -0.487. The van der Waals surface area contributed by atoms with E-state index in [9.17, 15) is 9.59 Å². The summed E-state index contributed by atoms with van der Waals surface area (Å²) in [4.78, 5) is 22.9. The molecule has 8 nitrogen and oxygen atoms in total. The van der Waals surface area contributed by atoms with Crippen LogP contribution in [0.2, 0.25) is 0 Å². The Kier molecular flexibility index (Phi) is 6.65. The molecule has 0 fully saturated rings. The lowest BCUT2D eigenvalue weighted by Gasteiger charge is -2.05. The lowest BCUT2D eigenvalue weighted by atomic mass is 10.3. The summed E-state index contributed by atoms with van der Waals surface area (Å²) in [6.07, 6.45) is 2.50. The second kappa shape index (κ2) is 8.26. The number of imide groups is 1. The van der Waals surface area contributed by atoms with Crippen LogP contribution in [0.1, 0.15) is 32.9 Å². The summed E-state index contributed by atoms with van der Waals surface area (Å²) in [7, 11) is 0. The Hall–Kier alpha value is -1.96. The highest BCUT2D eigenvalue weighted by molar-refractivity contribution is 5.94. The number of aromatic nitrogens is 3. The van der Waals surface area contributed by atoms with Crippen LogP contribution < -0.4 is 16.0 Å². The van der Waals surface area contributed by atoms with E-state index in [4.69, 9.17) is 0 Å². The number of amides is 3. The van der Waals surface area contributed by atoms with Crippen LogP contribution in [0.15, 0.2) is 6.20 Å². The van der Waals surface area contributed by atoms with Crippen LogP contribution in [0, 0.1) is 0 Å². The maximum atomic E-state index is 11.6. The van der Waals surface area contributed by atoms with Gasteiger partial charge in [0.1, 0.15) is 6.54 Å². The number of rotatable bonds is 7. The third-order valence-electron chi connectivity index (χ3n) is 2.37. The minimum absolute atomic E-state index is 0.0335. The highest BCUT2D eigenvalue weighted by atomic mass is 16.2. The fraction of sp³-hybridized carbons (Fsp3) is 0.667. The first-order valence-electron chi connectivity index (χ1n) is 6.71. The molecule has 1 aromatic heterocycles. The molecule has 0 aliphatic carbocycles.